The summed E-state index contributed by atoms with van der Waals surface area (Å²) in [7, 11) is 4.50. The average molecular weight is 412 g/mol. The molecule has 1 aliphatic rings. The van der Waals surface area contributed by atoms with Crippen molar-refractivity contribution in [3.63, 3.8) is 0 Å². The van der Waals surface area contributed by atoms with Gasteiger partial charge in [0, 0.05) is 0 Å². The van der Waals surface area contributed by atoms with Crippen LogP contribution in [0, 0.1) is 5.92 Å². The fourth-order valence-corrected chi connectivity index (χ4v) is 4.08. The van der Waals surface area contributed by atoms with Gasteiger partial charge in [-0.25, -0.2) is 4.79 Å². The Hall–Kier alpha value is -2.26. The molecular formula is C18H21NO6S2. The number of carboxylic acid groups (broad SMARTS) is 1. The third-order valence-corrected chi connectivity index (χ3v) is 5.30. The van der Waals surface area contributed by atoms with E-state index in [4.69, 9.17) is 26.4 Å². The van der Waals surface area contributed by atoms with Crippen molar-refractivity contribution < 1.29 is 28.9 Å². The Bertz CT molecular complexity index is 780. The van der Waals surface area contributed by atoms with Crippen LogP contribution in [-0.4, -0.2) is 53.6 Å². The van der Waals surface area contributed by atoms with Gasteiger partial charge in [0.15, 0.2) is 11.5 Å². The van der Waals surface area contributed by atoms with Gasteiger partial charge in [0.2, 0.25) is 5.75 Å². The predicted octanol–water partition coefficient (Wildman–Crippen LogP) is 3.02. The lowest BCUT2D eigenvalue weighted by Crippen LogP contribution is -2.47. The van der Waals surface area contributed by atoms with Crippen molar-refractivity contribution in [2.75, 3.05) is 21.3 Å². The number of hydrogen-bond acceptors (Lipinski definition) is 7. The van der Waals surface area contributed by atoms with Crippen molar-refractivity contribution in [3.05, 3.63) is 22.6 Å². The smallest absolute Gasteiger partial charge is 0.327 e. The largest absolute Gasteiger partial charge is 0.493 e. The maximum Gasteiger partial charge on any atom is 0.327 e. The molecule has 1 aliphatic heterocycles. The molecule has 1 fully saturated rings. The second-order valence-electron chi connectivity index (χ2n) is 6.04. The van der Waals surface area contributed by atoms with Crippen LogP contribution in [0.15, 0.2) is 17.0 Å². The summed E-state index contributed by atoms with van der Waals surface area (Å²) < 4.78 is 16.1. The number of thioether (sulfide) groups is 1. The number of carbonyl (C=O) groups excluding carboxylic acids is 1. The monoisotopic (exact) mass is 411 g/mol. The molecular weight excluding hydrogens is 390 g/mol. The number of carboxylic acids is 1. The standard InChI is InChI=1S/C18H21NO6S2/c1-9(2)14(17(21)22)19-16(20)13(27-18(19)26)8-10-6-11(23-3)15(25-5)12(7-10)24-4/h6-9,14H,1-5H3,(H,21,22)/b13-8+/t14-/m0/s1. The van der Waals surface area contributed by atoms with E-state index in [0.717, 1.165) is 16.7 Å². The summed E-state index contributed by atoms with van der Waals surface area (Å²) in [4.78, 5) is 25.9. The number of carbonyl (C=O) groups is 2. The number of ether oxygens (including phenoxy) is 3. The van der Waals surface area contributed by atoms with Gasteiger partial charge in [0.1, 0.15) is 10.4 Å². The molecule has 1 saturated heterocycles. The molecule has 1 heterocycles. The molecule has 1 aromatic carbocycles. The zero-order valence-electron chi connectivity index (χ0n) is 15.6. The van der Waals surface area contributed by atoms with E-state index < -0.39 is 17.9 Å². The van der Waals surface area contributed by atoms with Gasteiger partial charge in [0.05, 0.1) is 26.2 Å². The SMILES string of the molecule is COc1cc(/C=C2/SC(=S)N([C@H](C(=O)O)C(C)C)C2=O)cc(OC)c1OC. The van der Waals surface area contributed by atoms with E-state index in [-0.39, 0.29) is 10.2 Å². The first-order chi connectivity index (χ1) is 12.7. The Labute approximate surface area is 167 Å². The van der Waals surface area contributed by atoms with Crippen molar-refractivity contribution in [2.45, 2.75) is 19.9 Å². The Morgan fingerprint density at radius 2 is 1.74 bits per heavy atom. The molecule has 7 nitrogen and oxygen atoms in total. The topological polar surface area (TPSA) is 85.3 Å². The molecule has 0 aliphatic carbocycles. The van der Waals surface area contributed by atoms with Gasteiger partial charge < -0.3 is 19.3 Å². The molecule has 146 valence electrons. The third kappa shape index (κ3) is 4.19. The number of aliphatic carboxylic acids is 1. The lowest BCUT2D eigenvalue weighted by atomic mass is 10.0. The van der Waals surface area contributed by atoms with Crippen LogP contribution in [0.25, 0.3) is 6.08 Å². The summed E-state index contributed by atoms with van der Waals surface area (Å²) in [5, 5.41) is 9.48. The molecule has 1 atom stereocenters. The summed E-state index contributed by atoms with van der Waals surface area (Å²) in [5.74, 6) is -0.468. The van der Waals surface area contributed by atoms with Gasteiger partial charge in [0.25, 0.3) is 5.91 Å². The molecule has 1 amide bonds. The second-order valence-corrected chi connectivity index (χ2v) is 7.71. The van der Waals surface area contributed by atoms with Crippen LogP contribution in [0.5, 0.6) is 17.2 Å². The van der Waals surface area contributed by atoms with Crippen LogP contribution in [0.3, 0.4) is 0 Å². The van der Waals surface area contributed by atoms with E-state index in [9.17, 15) is 14.7 Å². The average Bonchev–Trinajstić information content (AvgIpc) is 2.88. The van der Waals surface area contributed by atoms with E-state index in [1.54, 1.807) is 32.1 Å². The van der Waals surface area contributed by atoms with E-state index in [1.807, 2.05) is 0 Å². The fourth-order valence-electron chi connectivity index (χ4n) is 2.75. The van der Waals surface area contributed by atoms with Crippen LogP contribution in [0.2, 0.25) is 0 Å². The maximum absolute atomic E-state index is 12.8. The van der Waals surface area contributed by atoms with E-state index in [0.29, 0.717) is 27.7 Å². The summed E-state index contributed by atoms with van der Waals surface area (Å²) in [6.45, 7) is 3.47. The molecule has 0 aromatic heterocycles. The lowest BCUT2D eigenvalue weighted by Gasteiger charge is -2.26. The number of thiocarbonyl (C=S) groups is 1. The van der Waals surface area contributed by atoms with Crippen LogP contribution in [-0.2, 0) is 9.59 Å². The summed E-state index contributed by atoms with van der Waals surface area (Å²) >= 11 is 6.33. The third-order valence-electron chi connectivity index (χ3n) is 3.97. The minimum Gasteiger partial charge on any atom is -0.493 e. The highest BCUT2D eigenvalue weighted by molar-refractivity contribution is 8.26. The molecule has 0 spiro atoms. The Balaban J connectivity index is 2.45. The van der Waals surface area contributed by atoms with Crippen molar-refractivity contribution >= 4 is 46.3 Å². The number of nitrogens with zero attached hydrogens (tertiary/aromatic N) is 1. The van der Waals surface area contributed by atoms with Crippen molar-refractivity contribution in [1.29, 1.82) is 0 Å². The number of amides is 1. The van der Waals surface area contributed by atoms with E-state index >= 15 is 0 Å². The first-order valence-corrected chi connectivity index (χ1v) is 9.27. The molecule has 0 bridgehead atoms. The lowest BCUT2D eigenvalue weighted by molar-refractivity contribution is -0.146. The summed E-state index contributed by atoms with van der Waals surface area (Å²) in [6.07, 6.45) is 1.63. The summed E-state index contributed by atoms with van der Waals surface area (Å²) in [6, 6.07) is 2.39. The Kier molecular flexibility index (Phi) is 6.72. The minimum absolute atomic E-state index is 0.222. The molecule has 0 saturated carbocycles. The molecule has 0 unspecified atom stereocenters. The van der Waals surface area contributed by atoms with Gasteiger partial charge in [-0.15, -0.1) is 0 Å². The molecule has 0 radical (unpaired) electrons. The normalized spacial score (nSPS) is 16.8. The first-order valence-electron chi connectivity index (χ1n) is 8.05. The molecule has 2 rings (SSSR count). The second kappa shape index (κ2) is 8.62. The van der Waals surface area contributed by atoms with Gasteiger partial charge in [-0.1, -0.05) is 37.8 Å². The molecule has 9 heteroatoms. The van der Waals surface area contributed by atoms with Gasteiger partial charge in [-0.3, -0.25) is 9.69 Å². The van der Waals surface area contributed by atoms with E-state index in [1.165, 1.54) is 21.3 Å². The number of hydrogen-bond donors (Lipinski definition) is 1. The molecule has 1 N–H and O–H groups in total. The molecule has 1 aromatic rings. The number of rotatable bonds is 7. The van der Waals surface area contributed by atoms with Crippen molar-refractivity contribution in [3.8, 4) is 17.2 Å². The molecule has 27 heavy (non-hydrogen) atoms. The number of benzene rings is 1. The van der Waals surface area contributed by atoms with Crippen molar-refractivity contribution in [1.82, 2.24) is 4.90 Å². The first kappa shape index (κ1) is 21.0. The Morgan fingerprint density at radius 3 is 2.15 bits per heavy atom. The highest BCUT2D eigenvalue weighted by atomic mass is 32.2. The van der Waals surface area contributed by atoms with Crippen LogP contribution in [0.1, 0.15) is 19.4 Å². The highest BCUT2D eigenvalue weighted by Crippen LogP contribution is 2.41. The minimum atomic E-state index is -1.09. The fraction of sp³-hybridized carbons (Fsp3) is 0.389. The van der Waals surface area contributed by atoms with Gasteiger partial charge in [-0.2, -0.15) is 0 Å². The summed E-state index contributed by atoms with van der Waals surface area (Å²) in [5.41, 5.74) is 0.640. The van der Waals surface area contributed by atoms with E-state index in [2.05, 4.69) is 0 Å². The van der Waals surface area contributed by atoms with Crippen molar-refractivity contribution in [2.24, 2.45) is 5.92 Å². The van der Waals surface area contributed by atoms with Crippen LogP contribution < -0.4 is 14.2 Å². The van der Waals surface area contributed by atoms with Gasteiger partial charge >= 0.3 is 5.97 Å². The quantitative estimate of drug-likeness (QED) is 0.541. The zero-order chi connectivity index (χ0) is 20.3. The van der Waals surface area contributed by atoms with Crippen LogP contribution in [0.4, 0.5) is 0 Å². The maximum atomic E-state index is 12.8. The van der Waals surface area contributed by atoms with Crippen LogP contribution >= 0.6 is 24.0 Å². The number of methoxy groups -OCH3 is 3. The Morgan fingerprint density at radius 1 is 1.19 bits per heavy atom. The predicted molar refractivity (Wildman–Crippen MR) is 107 cm³/mol. The van der Waals surface area contributed by atoms with Gasteiger partial charge in [-0.05, 0) is 29.7 Å². The highest BCUT2D eigenvalue weighted by Gasteiger charge is 2.41. The zero-order valence-corrected chi connectivity index (χ0v) is 17.3.